The van der Waals surface area contributed by atoms with Gasteiger partial charge in [-0.1, -0.05) is 36.4 Å². The summed E-state index contributed by atoms with van der Waals surface area (Å²) in [5, 5.41) is 5.24. The molecule has 6 nitrogen and oxygen atoms in total. The molecule has 152 valence electrons. The number of pyridine rings is 2. The van der Waals surface area contributed by atoms with Crippen LogP contribution in [0.15, 0.2) is 72.0 Å². The summed E-state index contributed by atoms with van der Waals surface area (Å²) in [5.74, 6) is -0.150. The zero-order valence-corrected chi connectivity index (χ0v) is 17.6. The number of nitrogens with zero attached hydrogens (tertiary/aromatic N) is 5. The van der Waals surface area contributed by atoms with Crippen LogP contribution in [0.1, 0.15) is 44.1 Å². The van der Waals surface area contributed by atoms with Crippen LogP contribution in [0, 0.1) is 0 Å². The minimum atomic E-state index is -0.150. The average Bonchev–Trinajstić information content (AvgIpc) is 3.17. The smallest absolute Gasteiger partial charge is 0.264 e. The number of benzene rings is 1. The van der Waals surface area contributed by atoms with E-state index in [1.165, 1.54) is 0 Å². The molecule has 0 saturated carbocycles. The molecule has 0 aliphatic heterocycles. The molecule has 1 aromatic carbocycles. The molecule has 0 amide bonds. The molecule has 4 aromatic rings. The summed E-state index contributed by atoms with van der Waals surface area (Å²) in [4.78, 5) is 23.1. The Hall–Kier alpha value is -3.54. The summed E-state index contributed by atoms with van der Waals surface area (Å²) >= 11 is 0. The molecular formula is C24H25N5O. The van der Waals surface area contributed by atoms with Gasteiger partial charge in [0, 0.05) is 23.8 Å². The normalized spacial score (nSPS) is 12.3. The minimum absolute atomic E-state index is 0.0764. The molecule has 0 aliphatic carbocycles. The highest BCUT2D eigenvalue weighted by Gasteiger charge is 2.20. The van der Waals surface area contributed by atoms with Crippen molar-refractivity contribution in [3.63, 3.8) is 0 Å². The zero-order valence-electron chi connectivity index (χ0n) is 17.6. The van der Waals surface area contributed by atoms with Crippen LogP contribution < -0.4 is 5.49 Å². The molecule has 0 fully saturated rings. The first kappa shape index (κ1) is 19.8. The van der Waals surface area contributed by atoms with Gasteiger partial charge in [0.25, 0.3) is 5.91 Å². The first-order valence-electron chi connectivity index (χ1n) is 10.2. The van der Waals surface area contributed by atoms with Crippen LogP contribution in [0.4, 0.5) is 0 Å². The highest BCUT2D eigenvalue weighted by Crippen LogP contribution is 2.26. The maximum Gasteiger partial charge on any atom is 0.264 e. The van der Waals surface area contributed by atoms with Gasteiger partial charge in [0.05, 0.1) is 22.8 Å². The fraction of sp³-hybridized carbons (Fsp3) is 0.250. The molecule has 3 heterocycles. The van der Waals surface area contributed by atoms with Crippen molar-refractivity contribution in [3.8, 4) is 11.3 Å². The van der Waals surface area contributed by atoms with Crippen LogP contribution in [-0.2, 0) is 0 Å². The van der Waals surface area contributed by atoms with Gasteiger partial charge in [0.15, 0.2) is 5.65 Å². The van der Waals surface area contributed by atoms with Gasteiger partial charge in [0.1, 0.15) is 5.49 Å². The largest absolute Gasteiger partial charge is 0.268 e. The quantitative estimate of drug-likeness (QED) is 0.508. The summed E-state index contributed by atoms with van der Waals surface area (Å²) in [6.45, 7) is 8.09. The number of fused-ring (bicyclic) bond motifs is 1. The summed E-state index contributed by atoms with van der Waals surface area (Å²) in [5.41, 5.74) is 3.58. The average molecular weight is 399 g/mol. The van der Waals surface area contributed by atoms with Crippen molar-refractivity contribution in [2.24, 2.45) is 4.99 Å². The second kappa shape index (κ2) is 8.06. The fourth-order valence-corrected chi connectivity index (χ4v) is 3.44. The molecule has 4 rings (SSSR count). The van der Waals surface area contributed by atoms with Gasteiger partial charge in [-0.25, -0.2) is 9.67 Å². The van der Waals surface area contributed by atoms with Crippen LogP contribution in [0.25, 0.3) is 22.3 Å². The lowest BCUT2D eigenvalue weighted by Crippen LogP contribution is -2.28. The van der Waals surface area contributed by atoms with Crippen LogP contribution in [-0.4, -0.2) is 31.3 Å². The van der Waals surface area contributed by atoms with E-state index in [1.54, 1.807) is 17.0 Å². The van der Waals surface area contributed by atoms with Gasteiger partial charge >= 0.3 is 0 Å². The Morgan fingerprint density at radius 1 is 1.00 bits per heavy atom. The molecule has 6 heteroatoms. The second-order valence-corrected chi connectivity index (χ2v) is 7.80. The van der Waals surface area contributed by atoms with Gasteiger partial charge in [-0.2, -0.15) is 5.10 Å². The third kappa shape index (κ3) is 3.68. The first-order chi connectivity index (χ1) is 14.5. The van der Waals surface area contributed by atoms with Crippen molar-refractivity contribution in [2.75, 3.05) is 0 Å². The van der Waals surface area contributed by atoms with E-state index in [0.717, 1.165) is 16.6 Å². The molecule has 0 atom stereocenters. The fourth-order valence-electron chi connectivity index (χ4n) is 3.44. The zero-order chi connectivity index (χ0) is 21.3. The molecule has 0 unspecified atom stereocenters. The van der Waals surface area contributed by atoms with E-state index in [1.807, 2.05) is 73.1 Å². The number of hydrogen-bond donors (Lipinski definition) is 0. The van der Waals surface area contributed by atoms with Crippen molar-refractivity contribution in [3.05, 3.63) is 78.0 Å². The molecule has 0 N–H and O–H groups in total. The number of rotatable bonds is 4. The number of aromatic nitrogens is 4. The van der Waals surface area contributed by atoms with E-state index >= 15 is 0 Å². The Bertz CT molecular complexity index is 1270. The van der Waals surface area contributed by atoms with Gasteiger partial charge in [-0.05, 0) is 45.9 Å². The van der Waals surface area contributed by atoms with Crippen LogP contribution >= 0.6 is 0 Å². The molecule has 3 aromatic heterocycles. The first-order valence-corrected chi connectivity index (χ1v) is 10.2. The SMILES string of the molecule is CC(C)N=c1ccccn1C(=O)c1cc(-c2ccccc2)nc2c1cnn2C(C)C. The third-order valence-electron chi connectivity index (χ3n) is 4.80. The summed E-state index contributed by atoms with van der Waals surface area (Å²) in [7, 11) is 0. The van der Waals surface area contributed by atoms with Crippen molar-refractivity contribution < 1.29 is 4.79 Å². The molecule has 0 saturated heterocycles. The predicted octanol–water partition coefficient (Wildman–Crippen LogP) is 4.48. The lowest BCUT2D eigenvalue weighted by atomic mass is 10.1. The van der Waals surface area contributed by atoms with Crippen LogP contribution in [0.5, 0.6) is 0 Å². The van der Waals surface area contributed by atoms with E-state index in [4.69, 9.17) is 4.98 Å². The molecule has 30 heavy (non-hydrogen) atoms. The Morgan fingerprint density at radius 3 is 2.43 bits per heavy atom. The monoisotopic (exact) mass is 399 g/mol. The summed E-state index contributed by atoms with van der Waals surface area (Å²) < 4.78 is 3.45. The van der Waals surface area contributed by atoms with Gasteiger partial charge in [0.2, 0.25) is 0 Å². The highest BCUT2D eigenvalue weighted by atomic mass is 16.2. The van der Waals surface area contributed by atoms with E-state index in [0.29, 0.717) is 16.7 Å². The second-order valence-electron chi connectivity index (χ2n) is 7.80. The maximum absolute atomic E-state index is 13.7. The lowest BCUT2D eigenvalue weighted by molar-refractivity contribution is 0.0956. The van der Waals surface area contributed by atoms with E-state index < -0.39 is 0 Å². The van der Waals surface area contributed by atoms with E-state index in [9.17, 15) is 4.79 Å². The van der Waals surface area contributed by atoms with E-state index in [-0.39, 0.29) is 18.0 Å². The van der Waals surface area contributed by atoms with Crippen molar-refractivity contribution in [1.82, 2.24) is 19.3 Å². The molecule has 0 aliphatic rings. The Balaban J connectivity index is 1.98. The lowest BCUT2D eigenvalue weighted by Gasteiger charge is -2.12. The van der Waals surface area contributed by atoms with Crippen LogP contribution in [0.3, 0.4) is 0 Å². The minimum Gasteiger partial charge on any atom is -0.268 e. The molecule has 0 radical (unpaired) electrons. The van der Waals surface area contributed by atoms with Crippen molar-refractivity contribution in [1.29, 1.82) is 0 Å². The molecule has 0 bridgehead atoms. The van der Waals surface area contributed by atoms with Crippen molar-refractivity contribution >= 4 is 16.9 Å². The van der Waals surface area contributed by atoms with Gasteiger partial charge in [-0.3, -0.25) is 14.4 Å². The standard InChI is InChI=1S/C24H25N5O/c1-16(2)26-22-12-8-9-13-28(22)24(30)19-14-21(18-10-6-5-7-11-18)27-23-20(19)15-25-29(23)17(3)4/h5-17H,1-4H3. The summed E-state index contributed by atoms with van der Waals surface area (Å²) in [6.07, 6.45) is 3.48. The van der Waals surface area contributed by atoms with Gasteiger partial charge < -0.3 is 0 Å². The maximum atomic E-state index is 13.7. The predicted molar refractivity (Wildman–Crippen MR) is 118 cm³/mol. The highest BCUT2D eigenvalue weighted by molar-refractivity contribution is 6.07. The molecular weight excluding hydrogens is 374 g/mol. The topological polar surface area (TPSA) is 65.1 Å². The van der Waals surface area contributed by atoms with Gasteiger partial charge in [-0.15, -0.1) is 0 Å². The number of carbonyl (C=O) groups excluding carboxylic acids is 1. The molecule has 0 spiro atoms. The van der Waals surface area contributed by atoms with Crippen LogP contribution in [0.2, 0.25) is 0 Å². The Kier molecular flexibility index (Phi) is 5.31. The summed E-state index contributed by atoms with van der Waals surface area (Å²) in [6, 6.07) is 17.5. The number of hydrogen-bond acceptors (Lipinski definition) is 4. The third-order valence-corrected chi connectivity index (χ3v) is 4.80. The Labute approximate surface area is 175 Å². The Morgan fingerprint density at radius 2 is 1.73 bits per heavy atom. The number of carbonyl (C=O) groups is 1. The van der Waals surface area contributed by atoms with Crippen molar-refractivity contribution in [2.45, 2.75) is 39.8 Å². The van der Waals surface area contributed by atoms with E-state index in [2.05, 4.69) is 23.9 Å².